The van der Waals surface area contributed by atoms with Crippen molar-refractivity contribution in [1.29, 1.82) is 0 Å². The molecule has 4 aromatic rings. The Morgan fingerprint density at radius 3 is 2.78 bits per heavy atom. The van der Waals surface area contributed by atoms with Crippen molar-refractivity contribution in [2.75, 3.05) is 25.6 Å². The number of carbonyl (C=O) groups excluding carboxylic acids is 2. The number of benzene rings is 2. The smallest absolute Gasteiger partial charge is 0.308 e. The Bertz CT molecular complexity index is 1550. The van der Waals surface area contributed by atoms with E-state index in [0.717, 1.165) is 27.2 Å². The predicted octanol–water partition coefficient (Wildman–Crippen LogP) is 4.23. The Hall–Kier alpha value is -3.32. The van der Waals surface area contributed by atoms with E-state index in [1.165, 1.54) is 15.6 Å². The highest BCUT2D eigenvalue weighted by Gasteiger charge is 2.38. The van der Waals surface area contributed by atoms with Gasteiger partial charge in [0.15, 0.2) is 11.7 Å². The van der Waals surface area contributed by atoms with Crippen molar-refractivity contribution >= 4 is 59.9 Å². The number of fused-ring (bicyclic) bond motifs is 2. The molecule has 0 fully saturated rings. The number of carbonyl (C=O) groups is 2. The highest BCUT2D eigenvalue weighted by molar-refractivity contribution is 7.91. The number of ether oxygens (including phenoxy) is 2. The zero-order valence-corrected chi connectivity index (χ0v) is 22.2. The molecule has 0 saturated carbocycles. The molecule has 1 amide bonds. The molecule has 0 spiro atoms. The number of sulfonamides is 1. The van der Waals surface area contributed by atoms with Crippen LogP contribution in [0.4, 0.5) is 5.13 Å². The maximum absolute atomic E-state index is 13.3. The van der Waals surface area contributed by atoms with Gasteiger partial charge in [0.25, 0.3) is 15.9 Å². The van der Waals surface area contributed by atoms with Gasteiger partial charge in [-0.15, -0.1) is 11.3 Å². The van der Waals surface area contributed by atoms with Gasteiger partial charge in [0.05, 0.1) is 29.8 Å². The summed E-state index contributed by atoms with van der Waals surface area (Å²) in [6.07, 6.45) is 0.332. The minimum absolute atomic E-state index is 0.212. The van der Waals surface area contributed by atoms with E-state index in [9.17, 15) is 18.0 Å². The lowest BCUT2D eigenvalue weighted by molar-refractivity contribution is -0.148. The van der Waals surface area contributed by atoms with Crippen molar-refractivity contribution in [2.45, 2.75) is 23.1 Å². The fraction of sp³-hybridized carbons (Fsp3) is 0.240. The number of thiophene rings is 1. The lowest BCUT2D eigenvalue weighted by Crippen LogP contribution is -2.41. The molecular formula is C25H23N3O6S3. The van der Waals surface area contributed by atoms with Crippen LogP contribution in [-0.2, 0) is 30.8 Å². The fourth-order valence-corrected chi connectivity index (χ4v) is 7.89. The first-order valence-electron chi connectivity index (χ1n) is 11.4. The number of amides is 1. The molecule has 37 heavy (non-hydrogen) atoms. The van der Waals surface area contributed by atoms with E-state index in [1.54, 1.807) is 36.8 Å². The Morgan fingerprint density at radius 1 is 1.16 bits per heavy atom. The average molecular weight is 558 g/mol. The quantitative estimate of drug-likeness (QED) is 0.323. The Kier molecular flexibility index (Phi) is 7.24. The van der Waals surface area contributed by atoms with E-state index < -0.39 is 34.5 Å². The Labute approximate surface area is 221 Å². The van der Waals surface area contributed by atoms with Gasteiger partial charge in [-0.1, -0.05) is 41.7 Å². The summed E-state index contributed by atoms with van der Waals surface area (Å²) in [5, 5.41) is 4.72. The van der Waals surface area contributed by atoms with Gasteiger partial charge < -0.3 is 9.47 Å². The number of nitrogens with zero attached hydrogens (tertiary/aromatic N) is 2. The first-order valence-corrected chi connectivity index (χ1v) is 14.5. The van der Waals surface area contributed by atoms with E-state index in [-0.39, 0.29) is 17.2 Å². The van der Waals surface area contributed by atoms with Crippen molar-refractivity contribution in [3.63, 3.8) is 0 Å². The maximum Gasteiger partial charge on any atom is 0.308 e. The number of methoxy groups -OCH3 is 1. The van der Waals surface area contributed by atoms with Crippen LogP contribution in [0, 0.1) is 0 Å². The summed E-state index contributed by atoms with van der Waals surface area (Å²) in [6, 6.07) is 15.4. The number of hydrogen-bond donors (Lipinski definition) is 1. The van der Waals surface area contributed by atoms with Crippen molar-refractivity contribution in [2.24, 2.45) is 0 Å². The average Bonchev–Trinajstić information content (AvgIpc) is 3.57. The van der Waals surface area contributed by atoms with Gasteiger partial charge in [0.1, 0.15) is 9.96 Å². The van der Waals surface area contributed by atoms with Gasteiger partial charge in [-0.05, 0) is 47.2 Å². The van der Waals surface area contributed by atoms with Crippen LogP contribution in [0.5, 0.6) is 5.75 Å². The monoisotopic (exact) mass is 557 g/mol. The molecule has 1 aliphatic heterocycles. The van der Waals surface area contributed by atoms with Crippen LogP contribution in [-0.4, -0.2) is 49.8 Å². The first-order chi connectivity index (χ1) is 17.8. The van der Waals surface area contributed by atoms with Crippen LogP contribution in [0.1, 0.15) is 23.6 Å². The number of aromatic nitrogens is 1. The van der Waals surface area contributed by atoms with Gasteiger partial charge in [-0.3, -0.25) is 14.9 Å². The summed E-state index contributed by atoms with van der Waals surface area (Å²) < 4.78 is 39.5. The minimum Gasteiger partial charge on any atom is -0.497 e. The van der Waals surface area contributed by atoms with Crippen LogP contribution in [0.2, 0.25) is 0 Å². The molecule has 3 heterocycles. The van der Waals surface area contributed by atoms with Crippen LogP contribution < -0.4 is 10.1 Å². The lowest BCUT2D eigenvalue weighted by Gasteiger charge is -2.35. The molecule has 0 radical (unpaired) electrons. The second kappa shape index (κ2) is 10.6. The normalized spacial score (nSPS) is 15.8. The van der Waals surface area contributed by atoms with Crippen LogP contribution >= 0.6 is 22.7 Å². The summed E-state index contributed by atoms with van der Waals surface area (Å²) in [5.74, 6) is -0.522. The molecule has 12 heteroatoms. The third kappa shape index (κ3) is 5.37. The van der Waals surface area contributed by atoms with Gasteiger partial charge in [0, 0.05) is 6.54 Å². The predicted molar refractivity (Wildman–Crippen MR) is 141 cm³/mol. The van der Waals surface area contributed by atoms with E-state index in [0.29, 0.717) is 22.8 Å². The molecule has 2 aromatic heterocycles. The SMILES string of the molecule is COc1ccc2nc(NC(=O)COC(=O)CC3c4ccccc4CCN3S(=O)(=O)c3cccs3)sc2c1. The van der Waals surface area contributed by atoms with Crippen LogP contribution in [0.25, 0.3) is 10.2 Å². The molecule has 1 N–H and O–H groups in total. The zero-order valence-electron chi connectivity index (χ0n) is 19.7. The standard InChI is InChI=1S/C25H23N3O6S3/c1-33-17-8-9-19-21(13-17)36-25(26-19)27-22(29)15-34-23(30)14-20-18-6-3-2-5-16(18)10-11-28(20)37(31,32)24-7-4-12-35-24/h2-9,12-13,20H,10-11,14-15H2,1H3,(H,26,27,29). The topological polar surface area (TPSA) is 115 Å². The van der Waals surface area contributed by atoms with Gasteiger partial charge in [0.2, 0.25) is 0 Å². The second-order valence-electron chi connectivity index (χ2n) is 8.28. The number of anilines is 1. The fourth-order valence-electron chi connectivity index (χ4n) is 4.26. The zero-order chi connectivity index (χ0) is 26.0. The van der Waals surface area contributed by atoms with Gasteiger partial charge in [-0.25, -0.2) is 13.4 Å². The molecule has 9 nitrogen and oxygen atoms in total. The van der Waals surface area contributed by atoms with Crippen molar-refractivity contribution in [1.82, 2.24) is 9.29 Å². The summed E-state index contributed by atoms with van der Waals surface area (Å²) in [5.41, 5.74) is 2.46. The van der Waals surface area contributed by atoms with E-state index >= 15 is 0 Å². The number of nitrogens with one attached hydrogen (secondary N) is 1. The maximum atomic E-state index is 13.3. The van der Waals surface area contributed by atoms with Crippen LogP contribution in [0.15, 0.2) is 64.2 Å². The molecule has 1 unspecified atom stereocenters. The second-order valence-corrected chi connectivity index (χ2v) is 12.4. The third-order valence-electron chi connectivity index (χ3n) is 5.99. The number of esters is 1. The minimum atomic E-state index is -3.80. The number of hydrogen-bond acceptors (Lipinski definition) is 9. The first kappa shape index (κ1) is 25.3. The molecule has 1 aliphatic rings. The molecular weight excluding hydrogens is 534 g/mol. The molecule has 0 aliphatic carbocycles. The van der Waals surface area contributed by atoms with Crippen molar-refractivity contribution < 1.29 is 27.5 Å². The Balaban J connectivity index is 1.26. The Morgan fingerprint density at radius 2 is 2.00 bits per heavy atom. The molecule has 0 bridgehead atoms. The highest BCUT2D eigenvalue weighted by Crippen LogP contribution is 2.37. The molecule has 5 rings (SSSR count). The third-order valence-corrected chi connectivity index (χ3v) is 10.2. The summed E-state index contributed by atoms with van der Waals surface area (Å²) >= 11 is 2.41. The molecule has 192 valence electrons. The number of thiazole rings is 1. The van der Waals surface area contributed by atoms with Crippen molar-refractivity contribution in [3.8, 4) is 5.75 Å². The van der Waals surface area contributed by atoms with E-state index in [1.807, 2.05) is 30.3 Å². The van der Waals surface area contributed by atoms with Gasteiger partial charge in [-0.2, -0.15) is 4.31 Å². The lowest BCUT2D eigenvalue weighted by atomic mass is 9.92. The molecule has 0 saturated heterocycles. The van der Waals surface area contributed by atoms with Crippen LogP contribution in [0.3, 0.4) is 0 Å². The summed E-state index contributed by atoms with van der Waals surface area (Å²) in [7, 11) is -2.23. The van der Waals surface area contributed by atoms with E-state index in [4.69, 9.17) is 9.47 Å². The molecule has 1 atom stereocenters. The largest absolute Gasteiger partial charge is 0.497 e. The van der Waals surface area contributed by atoms with E-state index in [2.05, 4.69) is 10.3 Å². The molecule has 2 aromatic carbocycles. The number of rotatable bonds is 8. The van der Waals surface area contributed by atoms with Crippen molar-refractivity contribution in [3.05, 3.63) is 71.1 Å². The van der Waals surface area contributed by atoms with Gasteiger partial charge >= 0.3 is 5.97 Å². The summed E-state index contributed by atoms with van der Waals surface area (Å²) in [6.45, 7) is -0.262. The highest BCUT2D eigenvalue weighted by atomic mass is 32.2. The summed E-state index contributed by atoms with van der Waals surface area (Å²) in [4.78, 5) is 29.6.